The molecule has 1 atom stereocenters. The van der Waals surface area contributed by atoms with E-state index in [2.05, 4.69) is 13.8 Å². The maximum Gasteiger partial charge on any atom is 0.00168 e. The Morgan fingerprint density at radius 1 is 0.286 bits per heavy atom. The minimum Gasteiger partial charge on any atom is -0.176 e. The topological polar surface area (TPSA) is 0 Å². The zero-order valence-electron chi connectivity index (χ0n) is 24.9. The molecule has 0 radical (unpaired) electrons. The lowest BCUT2D eigenvalue weighted by atomic mass is 10.0. The van der Waals surface area contributed by atoms with Crippen molar-refractivity contribution in [2.24, 2.45) is 0 Å². The van der Waals surface area contributed by atoms with Crippen LogP contribution in [0.15, 0.2) is 0 Å². The molecule has 212 valence electrons. The number of unbranched alkanes of at least 4 members (excludes halogenated alkanes) is 27. The van der Waals surface area contributed by atoms with Crippen molar-refractivity contribution < 1.29 is 0 Å². The largest absolute Gasteiger partial charge is 0.176 e. The fourth-order valence-corrected chi connectivity index (χ4v) is 5.84. The lowest BCUT2D eigenvalue weighted by molar-refractivity contribution is 0.516. The van der Waals surface area contributed by atoms with Gasteiger partial charge < -0.3 is 0 Å². The van der Waals surface area contributed by atoms with Gasteiger partial charge in [0.15, 0.2) is 0 Å². The van der Waals surface area contributed by atoms with Gasteiger partial charge in [0.2, 0.25) is 0 Å². The monoisotopic (exact) mass is 511 g/mol. The molecular weight excluding hydrogens is 440 g/mol. The van der Waals surface area contributed by atoms with E-state index in [0.29, 0.717) is 5.25 Å². The predicted molar refractivity (Wildman–Crippen MR) is 167 cm³/mol. The summed E-state index contributed by atoms with van der Waals surface area (Å²) in [6.07, 6.45) is 44.9. The van der Waals surface area contributed by atoms with Crippen molar-refractivity contribution in [3.63, 3.8) is 0 Å². The Morgan fingerprint density at radius 2 is 0.457 bits per heavy atom. The van der Waals surface area contributed by atoms with Crippen LogP contribution in [0.2, 0.25) is 0 Å². The Morgan fingerprint density at radius 3 is 0.657 bits per heavy atom. The van der Waals surface area contributed by atoms with E-state index in [1.165, 1.54) is 199 Å². The Kier molecular flexibility index (Phi) is 32.7. The minimum absolute atomic E-state index is 0.661. The summed E-state index contributed by atoms with van der Waals surface area (Å²) in [5, 5.41) is 0.661. The van der Waals surface area contributed by atoms with E-state index < -0.39 is 0 Å². The van der Waals surface area contributed by atoms with Crippen LogP contribution in [0.25, 0.3) is 0 Å². The van der Waals surface area contributed by atoms with Crippen LogP contribution in [0.3, 0.4) is 0 Å². The fourth-order valence-electron chi connectivity index (χ4n) is 5.47. The molecule has 0 aromatic carbocycles. The van der Waals surface area contributed by atoms with Gasteiger partial charge in [-0.05, 0) is 12.8 Å². The number of hydrogen-bond donors (Lipinski definition) is 1. The van der Waals surface area contributed by atoms with Gasteiger partial charge in [-0.2, -0.15) is 12.6 Å². The molecule has 0 nitrogen and oxygen atoms in total. The molecule has 0 bridgehead atoms. The van der Waals surface area contributed by atoms with Gasteiger partial charge in [0.1, 0.15) is 0 Å². The van der Waals surface area contributed by atoms with Gasteiger partial charge in [-0.15, -0.1) is 0 Å². The van der Waals surface area contributed by atoms with Crippen LogP contribution in [0.1, 0.15) is 213 Å². The maximum absolute atomic E-state index is 4.87. The highest BCUT2D eigenvalue weighted by atomic mass is 32.1. The molecular formula is C34H70S. The second-order valence-electron chi connectivity index (χ2n) is 11.8. The summed E-state index contributed by atoms with van der Waals surface area (Å²) in [6.45, 7) is 4.61. The maximum atomic E-state index is 4.87. The van der Waals surface area contributed by atoms with Gasteiger partial charge in [0, 0.05) is 5.25 Å². The Labute approximate surface area is 230 Å². The average Bonchev–Trinajstić information content (AvgIpc) is 2.86. The molecule has 0 fully saturated rings. The van der Waals surface area contributed by atoms with Crippen molar-refractivity contribution in [3.8, 4) is 0 Å². The van der Waals surface area contributed by atoms with Gasteiger partial charge >= 0.3 is 0 Å². The smallest absolute Gasteiger partial charge is 0.00168 e. The van der Waals surface area contributed by atoms with E-state index in [1.807, 2.05) is 0 Å². The van der Waals surface area contributed by atoms with Gasteiger partial charge in [0.25, 0.3) is 0 Å². The van der Waals surface area contributed by atoms with Crippen molar-refractivity contribution in [3.05, 3.63) is 0 Å². The second-order valence-corrected chi connectivity index (χ2v) is 12.5. The van der Waals surface area contributed by atoms with E-state index in [-0.39, 0.29) is 0 Å². The molecule has 0 aromatic rings. The lowest BCUT2D eigenvalue weighted by Crippen LogP contribution is -1.98. The van der Waals surface area contributed by atoms with Crippen molar-refractivity contribution in [1.29, 1.82) is 0 Å². The van der Waals surface area contributed by atoms with E-state index >= 15 is 0 Å². The molecule has 0 aliphatic carbocycles. The molecule has 0 saturated carbocycles. The van der Waals surface area contributed by atoms with Crippen LogP contribution in [-0.2, 0) is 0 Å². The zero-order chi connectivity index (χ0) is 25.5. The molecule has 0 spiro atoms. The zero-order valence-corrected chi connectivity index (χ0v) is 25.8. The quantitative estimate of drug-likeness (QED) is 0.0695. The Balaban J connectivity index is 3.13. The molecule has 0 heterocycles. The molecule has 1 heteroatoms. The molecule has 0 N–H and O–H groups in total. The third-order valence-electron chi connectivity index (χ3n) is 8.03. The van der Waals surface area contributed by atoms with Gasteiger partial charge in [-0.25, -0.2) is 0 Å². The average molecular weight is 511 g/mol. The first kappa shape index (κ1) is 35.4. The molecule has 0 aliphatic heterocycles. The number of rotatable bonds is 31. The van der Waals surface area contributed by atoms with Gasteiger partial charge in [-0.3, -0.25) is 0 Å². The first-order chi connectivity index (χ1) is 17.3. The summed E-state index contributed by atoms with van der Waals surface area (Å²) < 4.78 is 0. The molecule has 35 heavy (non-hydrogen) atoms. The van der Waals surface area contributed by atoms with Crippen molar-refractivity contribution in [1.82, 2.24) is 0 Å². The highest BCUT2D eigenvalue weighted by Gasteiger charge is 2.03. The van der Waals surface area contributed by atoms with Crippen LogP contribution >= 0.6 is 12.6 Å². The van der Waals surface area contributed by atoms with Crippen molar-refractivity contribution in [2.75, 3.05) is 0 Å². The van der Waals surface area contributed by atoms with Crippen molar-refractivity contribution >= 4 is 12.6 Å². The SMILES string of the molecule is CCCCCCCCCCCCCCCCCC(S)CCCCCCCCCCCCCCCC. The molecule has 0 saturated heterocycles. The molecule has 1 unspecified atom stereocenters. The van der Waals surface area contributed by atoms with Crippen LogP contribution < -0.4 is 0 Å². The summed E-state index contributed by atoms with van der Waals surface area (Å²) in [7, 11) is 0. The first-order valence-corrected chi connectivity index (χ1v) is 17.5. The molecule has 0 amide bonds. The summed E-state index contributed by atoms with van der Waals surface area (Å²) >= 11 is 4.87. The van der Waals surface area contributed by atoms with Gasteiger partial charge in [0.05, 0.1) is 0 Å². The summed E-state index contributed by atoms with van der Waals surface area (Å²) in [5.74, 6) is 0. The summed E-state index contributed by atoms with van der Waals surface area (Å²) in [4.78, 5) is 0. The number of thiol groups is 1. The van der Waals surface area contributed by atoms with Crippen LogP contribution in [0, 0.1) is 0 Å². The van der Waals surface area contributed by atoms with Crippen LogP contribution in [0.5, 0.6) is 0 Å². The predicted octanol–water partition coefficient (Wildman–Crippen LogP) is 13.4. The minimum atomic E-state index is 0.661. The molecule has 0 aliphatic rings. The van der Waals surface area contributed by atoms with E-state index in [0.717, 1.165) is 0 Å². The van der Waals surface area contributed by atoms with Crippen LogP contribution in [-0.4, -0.2) is 5.25 Å². The highest BCUT2D eigenvalue weighted by molar-refractivity contribution is 7.80. The summed E-state index contributed by atoms with van der Waals surface area (Å²) in [6, 6.07) is 0. The molecule has 0 aromatic heterocycles. The molecule has 0 rings (SSSR count). The standard InChI is InChI=1S/C34H70S/c1-3-5-7-9-11-13-15-17-19-21-23-25-27-29-31-33-34(35)32-30-28-26-24-22-20-18-16-14-12-10-8-6-4-2/h34-35H,3-33H2,1-2H3. The van der Waals surface area contributed by atoms with Crippen LogP contribution in [0.4, 0.5) is 0 Å². The fraction of sp³-hybridized carbons (Fsp3) is 1.00. The third-order valence-corrected chi connectivity index (χ3v) is 8.55. The summed E-state index contributed by atoms with van der Waals surface area (Å²) in [5.41, 5.74) is 0. The van der Waals surface area contributed by atoms with Crippen molar-refractivity contribution in [2.45, 2.75) is 218 Å². The first-order valence-electron chi connectivity index (χ1n) is 17.0. The van der Waals surface area contributed by atoms with Gasteiger partial charge in [-0.1, -0.05) is 200 Å². The van der Waals surface area contributed by atoms with E-state index in [1.54, 1.807) is 0 Å². The Hall–Kier alpha value is 0.350. The Bertz CT molecular complexity index is 352. The third kappa shape index (κ3) is 32.3. The normalized spacial score (nSPS) is 12.4. The van der Waals surface area contributed by atoms with E-state index in [4.69, 9.17) is 12.6 Å². The highest BCUT2D eigenvalue weighted by Crippen LogP contribution is 2.19. The van der Waals surface area contributed by atoms with E-state index in [9.17, 15) is 0 Å². The second kappa shape index (κ2) is 32.4. The number of hydrogen-bond acceptors (Lipinski definition) is 1. The lowest BCUT2D eigenvalue weighted by Gasteiger charge is -2.10.